The molecule has 28 heavy (non-hydrogen) atoms. The zero-order valence-electron chi connectivity index (χ0n) is 16.1. The van der Waals surface area contributed by atoms with Crippen molar-refractivity contribution >= 4 is 17.6 Å². The Morgan fingerprint density at radius 1 is 0.964 bits per heavy atom. The van der Waals surface area contributed by atoms with Crippen LogP contribution in [0, 0.1) is 0 Å². The molecule has 1 fully saturated rings. The number of nitrogens with zero attached hydrogens (tertiary/aromatic N) is 1. The SMILES string of the molecule is COc1cc(OC)cc(C(=O)NC2CCN(C(=O)Nc3ccccc3)CC2)c1. The normalized spacial score (nSPS) is 14.3. The molecule has 3 rings (SSSR count). The van der Waals surface area contributed by atoms with Crippen LogP contribution >= 0.6 is 0 Å². The van der Waals surface area contributed by atoms with Gasteiger partial charge in [0.05, 0.1) is 14.2 Å². The van der Waals surface area contributed by atoms with E-state index in [2.05, 4.69) is 10.6 Å². The molecular weight excluding hydrogens is 358 g/mol. The van der Waals surface area contributed by atoms with Gasteiger partial charge in [0.15, 0.2) is 0 Å². The van der Waals surface area contributed by atoms with Gasteiger partial charge in [0.25, 0.3) is 5.91 Å². The number of carbonyl (C=O) groups excluding carboxylic acids is 2. The average Bonchev–Trinajstić information content (AvgIpc) is 2.74. The third kappa shape index (κ3) is 4.94. The molecule has 1 saturated heterocycles. The fourth-order valence-corrected chi connectivity index (χ4v) is 3.16. The third-order valence-corrected chi connectivity index (χ3v) is 4.76. The maximum Gasteiger partial charge on any atom is 0.321 e. The molecule has 1 aliphatic heterocycles. The monoisotopic (exact) mass is 383 g/mol. The molecule has 1 heterocycles. The summed E-state index contributed by atoms with van der Waals surface area (Å²) in [6.45, 7) is 1.18. The van der Waals surface area contributed by atoms with Crippen LogP contribution in [0.4, 0.5) is 10.5 Å². The fraction of sp³-hybridized carbons (Fsp3) is 0.333. The van der Waals surface area contributed by atoms with Crippen LogP contribution in [0.5, 0.6) is 11.5 Å². The highest BCUT2D eigenvalue weighted by molar-refractivity contribution is 5.95. The van der Waals surface area contributed by atoms with Crippen molar-refractivity contribution < 1.29 is 19.1 Å². The van der Waals surface area contributed by atoms with Gasteiger partial charge in [-0.25, -0.2) is 4.79 Å². The molecule has 0 radical (unpaired) electrons. The molecule has 3 amide bonds. The molecule has 0 unspecified atom stereocenters. The number of para-hydroxylation sites is 1. The molecular formula is C21H25N3O4. The van der Waals surface area contributed by atoms with Crippen LogP contribution in [-0.4, -0.2) is 50.2 Å². The second kappa shape index (κ2) is 9.12. The summed E-state index contributed by atoms with van der Waals surface area (Å²) in [6, 6.07) is 14.4. The zero-order valence-corrected chi connectivity index (χ0v) is 16.1. The third-order valence-electron chi connectivity index (χ3n) is 4.76. The Labute approximate surface area is 164 Å². The van der Waals surface area contributed by atoms with Crippen molar-refractivity contribution in [1.29, 1.82) is 0 Å². The fourth-order valence-electron chi connectivity index (χ4n) is 3.16. The lowest BCUT2D eigenvalue weighted by Crippen LogP contribution is -2.47. The number of carbonyl (C=O) groups is 2. The quantitative estimate of drug-likeness (QED) is 0.831. The van der Waals surface area contributed by atoms with Crippen LogP contribution in [0.1, 0.15) is 23.2 Å². The number of likely N-dealkylation sites (tertiary alicyclic amines) is 1. The number of rotatable bonds is 5. The van der Waals surface area contributed by atoms with E-state index in [1.807, 2.05) is 30.3 Å². The van der Waals surface area contributed by atoms with Gasteiger partial charge in [-0.15, -0.1) is 0 Å². The molecule has 2 aromatic carbocycles. The molecule has 2 N–H and O–H groups in total. The molecule has 0 saturated carbocycles. The van der Waals surface area contributed by atoms with Crippen molar-refractivity contribution in [2.75, 3.05) is 32.6 Å². The van der Waals surface area contributed by atoms with E-state index in [0.717, 1.165) is 5.69 Å². The number of methoxy groups -OCH3 is 2. The molecule has 7 heteroatoms. The van der Waals surface area contributed by atoms with Crippen LogP contribution in [0.3, 0.4) is 0 Å². The van der Waals surface area contributed by atoms with Crippen LogP contribution in [-0.2, 0) is 0 Å². The van der Waals surface area contributed by atoms with Gasteiger partial charge in [-0.2, -0.15) is 0 Å². The summed E-state index contributed by atoms with van der Waals surface area (Å²) >= 11 is 0. The standard InChI is InChI=1S/C21H25N3O4/c1-27-18-12-15(13-19(14-18)28-2)20(25)22-17-8-10-24(11-9-17)21(26)23-16-6-4-3-5-7-16/h3-7,12-14,17H,8-11H2,1-2H3,(H,22,25)(H,23,26). The summed E-state index contributed by atoms with van der Waals surface area (Å²) in [5.41, 5.74) is 1.26. The number of nitrogens with one attached hydrogen (secondary N) is 2. The topological polar surface area (TPSA) is 79.9 Å². The van der Waals surface area contributed by atoms with Crippen LogP contribution < -0.4 is 20.1 Å². The summed E-state index contributed by atoms with van der Waals surface area (Å²) < 4.78 is 10.4. The Balaban J connectivity index is 1.52. The average molecular weight is 383 g/mol. The Morgan fingerprint density at radius 2 is 1.57 bits per heavy atom. The van der Waals surface area contributed by atoms with E-state index in [4.69, 9.17) is 9.47 Å². The molecule has 0 aromatic heterocycles. The smallest absolute Gasteiger partial charge is 0.321 e. The van der Waals surface area contributed by atoms with Crippen molar-refractivity contribution in [1.82, 2.24) is 10.2 Å². The molecule has 1 aliphatic rings. The van der Waals surface area contributed by atoms with Gasteiger partial charge in [-0.05, 0) is 37.1 Å². The number of piperidine rings is 1. The Hall–Kier alpha value is -3.22. The first-order chi connectivity index (χ1) is 13.6. The summed E-state index contributed by atoms with van der Waals surface area (Å²) in [5.74, 6) is 0.957. The Kier molecular flexibility index (Phi) is 6.37. The molecule has 7 nitrogen and oxygen atoms in total. The van der Waals surface area contributed by atoms with Crippen molar-refractivity contribution in [3.63, 3.8) is 0 Å². The molecule has 0 atom stereocenters. The van der Waals surface area contributed by atoms with Gasteiger partial charge in [0, 0.05) is 36.4 Å². The number of hydrogen-bond donors (Lipinski definition) is 2. The molecule has 0 spiro atoms. The second-order valence-corrected chi connectivity index (χ2v) is 6.63. The van der Waals surface area contributed by atoms with Gasteiger partial charge in [-0.1, -0.05) is 18.2 Å². The van der Waals surface area contributed by atoms with Crippen molar-refractivity contribution in [2.45, 2.75) is 18.9 Å². The maximum atomic E-state index is 12.6. The lowest BCUT2D eigenvalue weighted by molar-refractivity contribution is 0.0918. The highest BCUT2D eigenvalue weighted by Gasteiger charge is 2.24. The minimum absolute atomic E-state index is 0.0190. The highest BCUT2D eigenvalue weighted by Crippen LogP contribution is 2.23. The summed E-state index contributed by atoms with van der Waals surface area (Å²) in [7, 11) is 3.10. The second-order valence-electron chi connectivity index (χ2n) is 6.63. The van der Waals surface area contributed by atoms with Gasteiger partial charge < -0.3 is 25.0 Å². The van der Waals surface area contributed by atoms with E-state index < -0.39 is 0 Å². The first kappa shape index (κ1) is 19.5. The van der Waals surface area contributed by atoms with Crippen LogP contribution in [0.25, 0.3) is 0 Å². The van der Waals surface area contributed by atoms with Crippen LogP contribution in [0.2, 0.25) is 0 Å². The van der Waals surface area contributed by atoms with Crippen molar-refractivity contribution in [2.24, 2.45) is 0 Å². The number of benzene rings is 2. The minimum Gasteiger partial charge on any atom is -0.497 e. The predicted molar refractivity (Wildman–Crippen MR) is 107 cm³/mol. The number of ether oxygens (including phenoxy) is 2. The van der Waals surface area contributed by atoms with E-state index in [1.54, 1.807) is 37.3 Å². The van der Waals surface area contributed by atoms with Gasteiger partial charge in [-0.3, -0.25) is 4.79 Å². The minimum atomic E-state index is -0.176. The molecule has 0 bridgehead atoms. The lowest BCUT2D eigenvalue weighted by atomic mass is 10.0. The lowest BCUT2D eigenvalue weighted by Gasteiger charge is -2.32. The zero-order chi connectivity index (χ0) is 19.9. The van der Waals surface area contributed by atoms with E-state index in [-0.39, 0.29) is 18.0 Å². The first-order valence-electron chi connectivity index (χ1n) is 9.24. The van der Waals surface area contributed by atoms with E-state index in [9.17, 15) is 9.59 Å². The highest BCUT2D eigenvalue weighted by atomic mass is 16.5. The van der Waals surface area contributed by atoms with E-state index in [1.165, 1.54) is 0 Å². The maximum absolute atomic E-state index is 12.6. The van der Waals surface area contributed by atoms with E-state index in [0.29, 0.717) is 43.0 Å². The summed E-state index contributed by atoms with van der Waals surface area (Å²) in [6.07, 6.45) is 1.41. The predicted octanol–water partition coefficient (Wildman–Crippen LogP) is 3.13. The summed E-state index contributed by atoms with van der Waals surface area (Å²) in [5, 5.41) is 5.93. The molecule has 148 valence electrons. The number of urea groups is 1. The first-order valence-corrected chi connectivity index (χ1v) is 9.24. The largest absolute Gasteiger partial charge is 0.497 e. The molecule has 2 aromatic rings. The number of amides is 3. The van der Waals surface area contributed by atoms with Gasteiger partial charge >= 0.3 is 6.03 Å². The molecule has 0 aliphatic carbocycles. The van der Waals surface area contributed by atoms with E-state index >= 15 is 0 Å². The summed E-state index contributed by atoms with van der Waals surface area (Å²) in [4.78, 5) is 26.7. The van der Waals surface area contributed by atoms with Crippen LogP contribution in [0.15, 0.2) is 48.5 Å². The van der Waals surface area contributed by atoms with Crippen molar-refractivity contribution in [3.05, 3.63) is 54.1 Å². The van der Waals surface area contributed by atoms with Gasteiger partial charge in [0.1, 0.15) is 11.5 Å². The van der Waals surface area contributed by atoms with Gasteiger partial charge in [0.2, 0.25) is 0 Å². The Morgan fingerprint density at radius 3 is 2.14 bits per heavy atom. The van der Waals surface area contributed by atoms with Crippen molar-refractivity contribution in [3.8, 4) is 11.5 Å². The number of anilines is 1. The number of hydrogen-bond acceptors (Lipinski definition) is 4. The Bertz CT molecular complexity index is 795.